The number of carbonyl (C=O) groups is 2. The Hall–Kier alpha value is -2.06. The van der Waals surface area contributed by atoms with Crippen LogP contribution in [0.25, 0.3) is 0 Å². The highest BCUT2D eigenvalue weighted by Crippen LogP contribution is 2.32. The molecule has 0 aromatic carbocycles. The van der Waals surface area contributed by atoms with Crippen molar-refractivity contribution >= 4 is 11.9 Å². The van der Waals surface area contributed by atoms with Gasteiger partial charge >= 0.3 is 12.1 Å². The third-order valence-corrected chi connectivity index (χ3v) is 1.95. The molecular formula is C8H8F3N3O3. The summed E-state index contributed by atoms with van der Waals surface area (Å²) in [5, 5.41) is 11.7. The van der Waals surface area contributed by atoms with Crippen LogP contribution in [0.3, 0.4) is 0 Å². The minimum absolute atomic E-state index is 0.218. The summed E-state index contributed by atoms with van der Waals surface area (Å²) in [5.41, 5.74) is 4.63. The average molecular weight is 251 g/mol. The lowest BCUT2D eigenvalue weighted by atomic mass is 10.2. The number of hydrogen-bond acceptors (Lipinski definition) is 3. The highest BCUT2D eigenvalue weighted by atomic mass is 19.4. The minimum atomic E-state index is -4.78. The first kappa shape index (κ1) is 13.0. The van der Waals surface area contributed by atoms with Gasteiger partial charge in [-0.25, -0.2) is 0 Å². The van der Waals surface area contributed by atoms with Gasteiger partial charge in [0.15, 0.2) is 6.04 Å². The van der Waals surface area contributed by atoms with Gasteiger partial charge in [0.2, 0.25) is 0 Å². The van der Waals surface area contributed by atoms with E-state index in [1.54, 1.807) is 0 Å². The number of rotatable bonds is 4. The molecule has 94 valence electrons. The van der Waals surface area contributed by atoms with Gasteiger partial charge in [-0.05, 0) is 0 Å². The summed E-state index contributed by atoms with van der Waals surface area (Å²) in [4.78, 5) is 21.0. The minimum Gasteiger partial charge on any atom is -0.481 e. The van der Waals surface area contributed by atoms with E-state index in [0.29, 0.717) is 4.68 Å². The maximum atomic E-state index is 12.5. The van der Waals surface area contributed by atoms with Crippen LogP contribution in [0.2, 0.25) is 0 Å². The molecule has 0 aliphatic rings. The summed E-state index contributed by atoms with van der Waals surface area (Å²) in [7, 11) is 0. The number of primary amides is 1. The van der Waals surface area contributed by atoms with Crippen molar-refractivity contribution in [1.29, 1.82) is 0 Å². The third kappa shape index (κ3) is 3.20. The lowest BCUT2D eigenvalue weighted by Gasteiger charge is -2.18. The van der Waals surface area contributed by atoms with E-state index >= 15 is 0 Å². The fourth-order valence-electron chi connectivity index (χ4n) is 1.16. The second kappa shape index (κ2) is 4.44. The molecule has 9 heteroatoms. The van der Waals surface area contributed by atoms with Gasteiger partial charge in [0, 0.05) is 6.20 Å². The molecule has 0 aliphatic heterocycles. The van der Waals surface area contributed by atoms with E-state index in [-0.39, 0.29) is 5.56 Å². The molecule has 17 heavy (non-hydrogen) atoms. The standard InChI is InChI=1S/C8H8F3N3O3/c9-8(10,11)5(1-6(15)16)14-3-4(2-13-14)7(12)17/h2-3,5H,1H2,(H2,12,17)(H,15,16). The molecule has 1 aromatic heterocycles. The normalized spacial score (nSPS) is 13.4. The topological polar surface area (TPSA) is 98.2 Å². The fraction of sp³-hybridized carbons (Fsp3) is 0.375. The summed E-state index contributed by atoms with van der Waals surface area (Å²) in [6, 6.07) is -2.33. The predicted octanol–water partition coefficient (Wildman–Crippen LogP) is 0.560. The zero-order valence-electron chi connectivity index (χ0n) is 8.31. The van der Waals surface area contributed by atoms with Crippen molar-refractivity contribution in [1.82, 2.24) is 9.78 Å². The second-order valence-electron chi connectivity index (χ2n) is 3.23. The van der Waals surface area contributed by atoms with E-state index in [4.69, 9.17) is 10.8 Å². The number of carbonyl (C=O) groups excluding carboxylic acids is 1. The van der Waals surface area contributed by atoms with Crippen molar-refractivity contribution in [3.8, 4) is 0 Å². The summed E-state index contributed by atoms with van der Waals surface area (Å²) >= 11 is 0. The Kier molecular flexibility index (Phi) is 3.39. The molecule has 0 aliphatic carbocycles. The summed E-state index contributed by atoms with van der Waals surface area (Å²) in [5.74, 6) is -2.56. The molecule has 6 nitrogen and oxygen atoms in total. The zero-order valence-corrected chi connectivity index (χ0v) is 8.31. The van der Waals surface area contributed by atoms with E-state index in [0.717, 1.165) is 12.4 Å². The number of carboxylic acid groups (broad SMARTS) is 1. The molecule has 0 bridgehead atoms. The van der Waals surface area contributed by atoms with E-state index in [9.17, 15) is 22.8 Å². The highest BCUT2D eigenvalue weighted by molar-refractivity contribution is 5.92. The maximum Gasteiger partial charge on any atom is 0.411 e. The van der Waals surface area contributed by atoms with Crippen molar-refractivity contribution in [3.05, 3.63) is 18.0 Å². The largest absolute Gasteiger partial charge is 0.481 e. The van der Waals surface area contributed by atoms with Gasteiger partial charge in [-0.2, -0.15) is 18.3 Å². The van der Waals surface area contributed by atoms with Gasteiger partial charge in [0.25, 0.3) is 5.91 Å². The molecule has 0 spiro atoms. The van der Waals surface area contributed by atoms with E-state index < -0.39 is 30.5 Å². The molecule has 1 amide bonds. The van der Waals surface area contributed by atoms with Gasteiger partial charge in [-0.3, -0.25) is 14.3 Å². The number of aromatic nitrogens is 2. The van der Waals surface area contributed by atoms with Crippen LogP contribution in [0.1, 0.15) is 22.8 Å². The third-order valence-electron chi connectivity index (χ3n) is 1.95. The lowest BCUT2D eigenvalue weighted by Crippen LogP contribution is -2.29. The Bertz CT molecular complexity index is 441. The zero-order chi connectivity index (χ0) is 13.2. The molecule has 3 N–H and O–H groups in total. The number of carboxylic acids is 1. The number of hydrogen-bond donors (Lipinski definition) is 2. The number of alkyl halides is 3. The molecule has 1 aromatic rings. The Morgan fingerprint density at radius 3 is 2.47 bits per heavy atom. The van der Waals surface area contributed by atoms with Gasteiger partial charge in [0.1, 0.15) is 0 Å². The molecule has 0 saturated heterocycles. The van der Waals surface area contributed by atoms with Crippen molar-refractivity contribution in [2.75, 3.05) is 0 Å². The van der Waals surface area contributed by atoms with Gasteiger partial charge in [-0.15, -0.1) is 0 Å². The molecule has 1 rings (SSSR count). The average Bonchev–Trinajstić information content (AvgIpc) is 2.60. The van der Waals surface area contributed by atoms with Crippen LogP contribution < -0.4 is 5.73 Å². The van der Waals surface area contributed by atoms with Crippen molar-refractivity contribution in [3.63, 3.8) is 0 Å². The molecule has 1 heterocycles. The van der Waals surface area contributed by atoms with Gasteiger partial charge in [0.05, 0.1) is 18.2 Å². The number of nitrogens with two attached hydrogens (primary N) is 1. The van der Waals surface area contributed by atoms with Crippen LogP contribution in [-0.2, 0) is 4.79 Å². The first-order chi connectivity index (χ1) is 7.71. The van der Waals surface area contributed by atoms with Crippen molar-refractivity contribution in [2.45, 2.75) is 18.6 Å². The van der Waals surface area contributed by atoms with Crippen LogP contribution in [0.4, 0.5) is 13.2 Å². The number of aliphatic carboxylic acids is 1. The monoisotopic (exact) mass is 251 g/mol. The van der Waals surface area contributed by atoms with E-state index in [2.05, 4.69) is 5.10 Å². The summed E-state index contributed by atoms with van der Waals surface area (Å²) in [6.07, 6.45) is -4.34. The number of amides is 1. The Balaban J connectivity index is 3.04. The van der Waals surface area contributed by atoms with E-state index in [1.165, 1.54) is 0 Å². The fourth-order valence-corrected chi connectivity index (χ4v) is 1.16. The van der Waals surface area contributed by atoms with Crippen LogP contribution in [0.15, 0.2) is 12.4 Å². The summed E-state index contributed by atoms with van der Waals surface area (Å²) in [6.45, 7) is 0. The predicted molar refractivity (Wildman–Crippen MR) is 48.1 cm³/mol. The molecule has 0 fully saturated rings. The Morgan fingerprint density at radius 1 is 1.53 bits per heavy atom. The smallest absolute Gasteiger partial charge is 0.411 e. The first-order valence-electron chi connectivity index (χ1n) is 4.34. The highest BCUT2D eigenvalue weighted by Gasteiger charge is 2.43. The van der Waals surface area contributed by atoms with Crippen molar-refractivity contribution < 1.29 is 27.9 Å². The van der Waals surface area contributed by atoms with E-state index in [1.807, 2.05) is 0 Å². The number of nitrogens with zero attached hydrogens (tertiary/aromatic N) is 2. The first-order valence-corrected chi connectivity index (χ1v) is 4.34. The molecular weight excluding hydrogens is 243 g/mol. The maximum absolute atomic E-state index is 12.5. The summed E-state index contributed by atoms with van der Waals surface area (Å²) < 4.78 is 38.0. The molecule has 0 radical (unpaired) electrons. The molecule has 1 atom stereocenters. The Morgan fingerprint density at radius 2 is 2.12 bits per heavy atom. The SMILES string of the molecule is NC(=O)c1cnn(C(CC(=O)O)C(F)(F)F)c1. The Labute approximate surface area is 92.8 Å². The second-order valence-corrected chi connectivity index (χ2v) is 3.23. The van der Waals surface area contributed by atoms with Crippen LogP contribution >= 0.6 is 0 Å². The van der Waals surface area contributed by atoms with Crippen LogP contribution in [0, 0.1) is 0 Å². The van der Waals surface area contributed by atoms with Gasteiger partial charge in [-0.1, -0.05) is 0 Å². The van der Waals surface area contributed by atoms with Gasteiger partial charge < -0.3 is 10.8 Å². The van der Waals surface area contributed by atoms with Crippen LogP contribution in [-0.4, -0.2) is 32.9 Å². The quantitative estimate of drug-likeness (QED) is 0.816. The van der Waals surface area contributed by atoms with Crippen LogP contribution in [0.5, 0.6) is 0 Å². The number of halogens is 3. The lowest BCUT2D eigenvalue weighted by molar-refractivity contribution is -0.179. The molecule has 1 unspecified atom stereocenters. The van der Waals surface area contributed by atoms with Crippen molar-refractivity contribution in [2.24, 2.45) is 5.73 Å². The molecule has 0 saturated carbocycles.